The molecule has 0 fully saturated rings. The Labute approximate surface area is 123 Å². The van der Waals surface area contributed by atoms with E-state index < -0.39 is 14.0 Å². The van der Waals surface area contributed by atoms with Gasteiger partial charge in [-0.25, -0.2) is 13.1 Å². The molecule has 0 aliphatic carbocycles. The normalized spacial score (nSPS) is 11.6. The number of aromatic nitrogens is 2. The summed E-state index contributed by atoms with van der Waals surface area (Å²) >= 11 is 5.95. The van der Waals surface area contributed by atoms with E-state index in [0.29, 0.717) is 0 Å². The Kier molecular flexibility index (Phi) is 3.72. The van der Waals surface area contributed by atoms with E-state index >= 15 is 0 Å². The molecular weight excluding hydrogens is 329 g/mol. The first kappa shape index (κ1) is 14.8. The third-order valence-electron chi connectivity index (χ3n) is 2.48. The van der Waals surface area contributed by atoms with Crippen LogP contribution in [0.1, 0.15) is 5.69 Å². The number of hydrogen-bond acceptors (Lipinski definition) is 5. The molecule has 106 valence electrons. The average molecular weight is 336 g/mol. The molecule has 1 aromatic carbocycles. The maximum Gasteiger partial charge on any atom is 0.271 e. The SMILES string of the molecule is Cc1nn(-c2cccc([N+](=O)[O-])c2)c(Cl)c1S(=O)(=O)Cl. The van der Waals surface area contributed by atoms with Crippen molar-refractivity contribution in [1.82, 2.24) is 9.78 Å². The van der Waals surface area contributed by atoms with Crippen molar-refractivity contribution < 1.29 is 13.3 Å². The largest absolute Gasteiger partial charge is 0.271 e. The van der Waals surface area contributed by atoms with Gasteiger partial charge in [0.2, 0.25) is 0 Å². The Balaban J connectivity index is 2.66. The molecule has 2 aromatic rings. The van der Waals surface area contributed by atoms with Gasteiger partial charge >= 0.3 is 0 Å². The third-order valence-corrected chi connectivity index (χ3v) is 4.38. The molecule has 0 N–H and O–H groups in total. The van der Waals surface area contributed by atoms with Crippen molar-refractivity contribution >= 4 is 37.0 Å². The lowest BCUT2D eigenvalue weighted by atomic mass is 10.3. The van der Waals surface area contributed by atoms with Crippen molar-refractivity contribution in [1.29, 1.82) is 0 Å². The minimum absolute atomic E-state index is 0.108. The summed E-state index contributed by atoms with van der Waals surface area (Å²) in [7, 11) is 1.22. The summed E-state index contributed by atoms with van der Waals surface area (Å²) in [5.41, 5.74) is 0.206. The van der Waals surface area contributed by atoms with E-state index in [0.717, 1.165) is 4.68 Å². The molecule has 0 aliphatic rings. The molecular formula is C10H7Cl2N3O4S. The molecule has 0 amide bonds. The number of halogens is 2. The first-order valence-electron chi connectivity index (χ1n) is 5.16. The van der Waals surface area contributed by atoms with Crippen molar-refractivity contribution in [3.63, 3.8) is 0 Å². The highest BCUT2D eigenvalue weighted by Gasteiger charge is 2.25. The first-order valence-corrected chi connectivity index (χ1v) is 7.85. The van der Waals surface area contributed by atoms with Crippen molar-refractivity contribution in [3.8, 4) is 5.69 Å². The van der Waals surface area contributed by atoms with Crippen LogP contribution in [0, 0.1) is 17.0 Å². The summed E-state index contributed by atoms with van der Waals surface area (Å²) in [6.45, 7) is 1.43. The number of nitro benzene ring substituents is 1. The minimum atomic E-state index is -4.05. The first-order chi connectivity index (χ1) is 9.21. The predicted molar refractivity (Wildman–Crippen MR) is 73.0 cm³/mol. The Bertz CT molecular complexity index is 801. The van der Waals surface area contributed by atoms with E-state index in [1.807, 2.05) is 0 Å². The molecule has 0 unspecified atom stereocenters. The summed E-state index contributed by atoms with van der Waals surface area (Å²) in [6, 6.07) is 5.47. The van der Waals surface area contributed by atoms with Crippen LogP contribution in [0.25, 0.3) is 5.69 Å². The minimum Gasteiger partial charge on any atom is -0.258 e. The Morgan fingerprint density at radius 1 is 1.40 bits per heavy atom. The van der Waals surface area contributed by atoms with Crippen LogP contribution in [0.3, 0.4) is 0 Å². The van der Waals surface area contributed by atoms with Gasteiger partial charge in [0.1, 0.15) is 4.90 Å². The lowest BCUT2D eigenvalue weighted by Crippen LogP contribution is -1.98. The van der Waals surface area contributed by atoms with Crippen molar-refractivity contribution in [3.05, 3.63) is 45.2 Å². The molecule has 10 heteroatoms. The van der Waals surface area contributed by atoms with E-state index in [-0.39, 0.29) is 27.1 Å². The zero-order valence-electron chi connectivity index (χ0n) is 9.95. The molecule has 0 saturated carbocycles. The second kappa shape index (κ2) is 5.04. The van der Waals surface area contributed by atoms with Crippen LogP contribution in [-0.4, -0.2) is 23.1 Å². The van der Waals surface area contributed by atoms with Crippen molar-refractivity contribution in [2.75, 3.05) is 0 Å². The molecule has 2 rings (SSSR count). The molecule has 0 bridgehead atoms. The van der Waals surface area contributed by atoms with E-state index in [1.54, 1.807) is 0 Å². The fourth-order valence-electron chi connectivity index (χ4n) is 1.67. The number of rotatable bonds is 3. The monoisotopic (exact) mass is 335 g/mol. The molecule has 0 atom stereocenters. The van der Waals surface area contributed by atoms with Crippen LogP contribution in [0.2, 0.25) is 5.15 Å². The predicted octanol–water partition coefficient (Wildman–Crippen LogP) is 2.67. The van der Waals surface area contributed by atoms with E-state index in [2.05, 4.69) is 5.10 Å². The van der Waals surface area contributed by atoms with Gasteiger partial charge in [0.05, 0.1) is 16.3 Å². The van der Waals surface area contributed by atoms with E-state index in [4.69, 9.17) is 22.3 Å². The van der Waals surface area contributed by atoms with Crippen LogP contribution in [0.4, 0.5) is 5.69 Å². The second-order valence-corrected chi connectivity index (χ2v) is 6.69. The summed E-state index contributed by atoms with van der Waals surface area (Å²) < 4.78 is 23.9. The van der Waals surface area contributed by atoms with Crippen LogP contribution >= 0.6 is 22.3 Å². The maximum absolute atomic E-state index is 11.4. The van der Waals surface area contributed by atoms with Gasteiger partial charge in [-0.15, -0.1) is 0 Å². The average Bonchev–Trinajstić information content (AvgIpc) is 2.64. The van der Waals surface area contributed by atoms with Gasteiger partial charge in [0.25, 0.3) is 14.7 Å². The number of aryl methyl sites for hydroxylation is 1. The Hall–Kier alpha value is -1.64. The summed E-state index contributed by atoms with van der Waals surface area (Å²) in [6.07, 6.45) is 0. The van der Waals surface area contributed by atoms with E-state index in [9.17, 15) is 18.5 Å². The topological polar surface area (TPSA) is 95.1 Å². The lowest BCUT2D eigenvalue weighted by Gasteiger charge is -2.02. The van der Waals surface area contributed by atoms with Crippen molar-refractivity contribution in [2.45, 2.75) is 11.8 Å². The Morgan fingerprint density at radius 2 is 2.05 bits per heavy atom. The zero-order valence-corrected chi connectivity index (χ0v) is 12.3. The summed E-state index contributed by atoms with van der Waals surface area (Å²) in [5, 5.41) is 14.4. The molecule has 1 heterocycles. The van der Waals surface area contributed by atoms with Gasteiger partial charge in [-0.1, -0.05) is 17.7 Å². The molecule has 0 radical (unpaired) electrons. The number of benzene rings is 1. The second-order valence-electron chi connectivity index (χ2n) is 3.83. The fourth-order valence-corrected chi connectivity index (χ4v) is 3.60. The highest BCUT2D eigenvalue weighted by molar-refractivity contribution is 8.13. The molecule has 20 heavy (non-hydrogen) atoms. The van der Waals surface area contributed by atoms with Crippen LogP contribution < -0.4 is 0 Å². The number of nitrogens with zero attached hydrogens (tertiary/aromatic N) is 3. The van der Waals surface area contributed by atoms with Crippen LogP contribution in [0.5, 0.6) is 0 Å². The highest BCUT2D eigenvalue weighted by atomic mass is 35.7. The zero-order chi connectivity index (χ0) is 15.1. The highest BCUT2D eigenvalue weighted by Crippen LogP contribution is 2.30. The number of hydrogen-bond donors (Lipinski definition) is 0. The smallest absolute Gasteiger partial charge is 0.258 e. The molecule has 0 spiro atoms. The van der Waals surface area contributed by atoms with Crippen LogP contribution in [0.15, 0.2) is 29.2 Å². The fraction of sp³-hybridized carbons (Fsp3) is 0.100. The van der Waals surface area contributed by atoms with Crippen molar-refractivity contribution in [2.24, 2.45) is 0 Å². The molecule has 0 aliphatic heterocycles. The van der Waals surface area contributed by atoms with Gasteiger partial charge in [-0.2, -0.15) is 5.10 Å². The number of nitro groups is 1. The number of non-ortho nitro benzene ring substituents is 1. The van der Waals surface area contributed by atoms with E-state index in [1.165, 1.54) is 31.2 Å². The summed E-state index contributed by atoms with van der Waals surface area (Å²) in [4.78, 5) is 9.84. The van der Waals surface area contributed by atoms with Gasteiger partial charge in [-0.05, 0) is 13.0 Å². The lowest BCUT2D eigenvalue weighted by molar-refractivity contribution is -0.384. The molecule has 1 aromatic heterocycles. The molecule has 0 saturated heterocycles. The standard InChI is InChI=1S/C10H7Cl2N3O4S/c1-6-9(20(12,18)19)10(11)14(13-6)7-3-2-4-8(5-7)15(16)17/h2-5H,1H3. The third kappa shape index (κ3) is 2.62. The van der Waals surface area contributed by atoms with Gasteiger partial charge < -0.3 is 0 Å². The van der Waals surface area contributed by atoms with Gasteiger partial charge in [0.15, 0.2) is 5.15 Å². The summed E-state index contributed by atoms with van der Waals surface area (Å²) in [5.74, 6) is 0. The maximum atomic E-state index is 11.4. The quantitative estimate of drug-likeness (QED) is 0.488. The Morgan fingerprint density at radius 3 is 2.55 bits per heavy atom. The van der Waals surface area contributed by atoms with Gasteiger partial charge in [-0.3, -0.25) is 10.1 Å². The van der Waals surface area contributed by atoms with Gasteiger partial charge in [0, 0.05) is 22.8 Å². The van der Waals surface area contributed by atoms with Crippen LogP contribution in [-0.2, 0) is 9.05 Å². The molecule has 7 nitrogen and oxygen atoms in total.